The summed E-state index contributed by atoms with van der Waals surface area (Å²) in [7, 11) is 0. The maximum atomic E-state index is 13.6. The van der Waals surface area contributed by atoms with Gasteiger partial charge in [0.15, 0.2) is 17.2 Å². The van der Waals surface area contributed by atoms with Crippen LogP contribution in [0.4, 0.5) is 8.78 Å². The van der Waals surface area contributed by atoms with Gasteiger partial charge < -0.3 is 15.2 Å². The largest absolute Gasteiger partial charge is 0.356 e. The molecule has 150 valence electrons. The molecule has 0 unspecified atom stereocenters. The monoisotopic (exact) mass is 399 g/mol. The Balaban J connectivity index is 0.00000210. The Morgan fingerprint density at radius 3 is 2.41 bits per heavy atom. The van der Waals surface area contributed by atoms with E-state index in [4.69, 9.17) is 10.3 Å². The highest BCUT2D eigenvalue weighted by atomic mass is 35.5. The lowest BCUT2D eigenvalue weighted by molar-refractivity contribution is 0.184. The molecule has 0 atom stereocenters. The molecule has 0 bridgehead atoms. The molecule has 4 rings (SSSR count). The zero-order valence-corrected chi connectivity index (χ0v) is 16.3. The predicted octanol–water partition coefficient (Wildman–Crippen LogP) is 4.61. The number of aromatic nitrogens is 1. The van der Waals surface area contributed by atoms with Crippen LogP contribution in [0.15, 0.2) is 16.7 Å². The SMILES string of the molecule is Cl.NC1CCC(CCN2CCC(c3noc4cc(F)c(F)cc34)CC2)CC1. The van der Waals surface area contributed by atoms with Crippen molar-refractivity contribution >= 4 is 23.4 Å². The Kier molecular flexibility index (Phi) is 6.71. The third-order valence-electron chi connectivity index (χ3n) is 6.26. The molecule has 0 amide bonds. The van der Waals surface area contributed by atoms with Crippen LogP contribution >= 0.6 is 12.4 Å². The summed E-state index contributed by atoms with van der Waals surface area (Å²) in [5.41, 5.74) is 7.09. The average Bonchev–Trinajstić information content (AvgIpc) is 3.05. The number of hydrogen-bond donors (Lipinski definition) is 1. The third-order valence-corrected chi connectivity index (χ3v) is 6.26. The fourth-order valence-corrected chi connectivity index (χ4v) is 4.52. The number of halogens is 3. The van der Waals surface area contributed by atoms with E-state index in [1.54, 1.807) is 0 Å². The van der Waals surface area contributed by atoms with E-state index in [1.165, 1.54) is 38.2 Å². The predicted molar refractivity (Wildman–Crippen MR) is 104 cm³/mol. The summed E-state index contributed by atoms with van der Waals surface area (Å²) in [6.45, 7) is 3.19. The summed E-state index contributed by atoms with van der Waals surface area (Å²) < 4.78 is 32.1. The van der Waals surface area contributed by atoms with E-state index < -0.39 is 11.6 Å². The Morgan fingerprint density at radius 2 is 1.70 bits per heavy atom. The number of fused-ring (bicyclic) bond motifs is 1. The lowest BCUT2D eigenvalue weighted by Gasteiger charge is -2.33. The molecule has 1 saturated heterocycles. The molecule has 1 aromatic carbocycles. The Labute approximate surface area is 164 Å². The first kappa shape index (κ1) is 20.5. The van der Waals surface area contributed by atoms with Crippen LogP contribution in [0, 0.1) is 17.6 Å². The summed E-state index contributed by atoms with van der Waals surface area (Å²) in [6, 6.07) is 2.72. The minimum Gasteiger partial charge on any atom is -0.356 e. The van der Waals surface area contributed by atoms with Gasteiger partial charge in [-0.05, 0) is 76.6 Å². The normalized spacial score (nSPS) is 24.9. The van der Waals surface area contributed by atoms with E-state index in [2.05, 4.69) is 10.1 Å². The topological polar surface area (TPSA) is 55.3 Å². The zero-order chi connectivity index (χ0) is 18.1. The number of likely N-dealkylation sites (tertiary alicyclic amines) is 1. The van der Waals surface area contributed by atoms with Gasteiger partial charge in [0.05, 0.1) is 5.69 Å². The average molecular weight is 400 g/mol. The highest BCUT2D eigenvalue weighted by molar-refractivity contribution is 5.85. The fraction of sp³-hybridized carbons (Fsp3) is 0.650. The first-order valence-electron chi connectivity index (χ1n) is 9.82. The molecule has 1 aliphatic carbocycles. The van der Waals surface area contributed by atoms with Gasteiger partial charge in [-0.1, -0.05) is 5.16 Å². The number of hydrogen-bond acceptors (Lipinski definition) is 4. The quantitative estimate of drug-likeness (QED) is 0.815. The Morgan fingerprint density at radius 1 is 1.04 bits per heavy atom. The number of nitrogens with zero attached hydrogens (tertiary/aromatic N) is 2. The van der Waals surface area contributed by atoms with Crippen molar-refractivity contribution in [3.05, 3.63) is 29.5 Å². The Hall–Kier alpha value is -1.24. The highest BCUT2D eigenvalue weighted by Gasteiger charge is 2.26. The van der Waals surface area contributed by atoms with Crippen molar-refractivity contribution < 1.29 is 13.3 Å². The molecular weight excluding hydrogens is 372 g/mol. The van der Waals surface area contributed by atoms with Crippen molar-refractivity contribution in [3.8, 4) is 0 Å². The third kappa shape index (κ3) is 4.61. The molecular formula is C20H28ClF2N3O. The molecule has 2 N–H and O–H groups in total. The van der Waals surface area contributed by atoms with E-state index in [-0.39, 0.29) is 18.3 Å². The summed E-state index contributed by atoms with van der Waals surface area (Å²) in [4.78, 5) is 2.52. The summed E-state index contributed by atoms with van der Waals surface area (Å²) >= 11 is 0. The van der Waals surface area contributed by atoms with E-state index in [9.17, 15) is 8.78 Å². The molecule has 0 spiro atoms. The standard InChI is InChI=1S/C20H27F2N3O.ClH/c21-17-11-16-19(12-18(17)22)26-24-20(16)14-6-9-25(10-7-14)8-5-13-1-3-15(23)4-2-13;/h11-15H,1-10,23H2;1H. The second-order valence-corrected chi connectivity index (χ2v) is 8.02. The molecule has 2 aliphatic rings. The van der Waals surface area contributed by atoms with Gasteiger partial charge in [0, 0.05) is 23.4 Å². The van der Waals surface area contributed by atoms with E-state index >= 15 is 0 Å². The van der Waals surface area contributed by atoms with Gasteiger partial charge in [-0.25, -0.2) is 8.78 Å². The second kappa shape index (κ2) is 8.84. The van der Waals surface area contributed by atoms with Crippen molar-refractivity contribution in [2.24, 2.45) is 11.7 Å². The fourth-order valence-electron chi connectivity index (χ4n) is 4.52. The molecule has 2 aromatic rings. The van der Waals surface area contributed by atoms with E-state index in [0.29, 0.717) is 17.0 Å². The molecule has 4 nitrogen and oxygen atoms in total. The number of rotatable bonds is 4. The summed E-state index contributed by atoms with van der Waals surface area (Å²) in [5, 5.41) is 4.73. The van der Waals surface area contributed by atoms with Crippen LogP contribution in [-0.4, -0.2) is 35.7 Å². The van der Waals surface area contributed by atoms with Crippen LogP contribution in [0.2, 0.25) is 0 Å². The van der Waals surface area contributed by atoms with Crippen LogP contribution in [0.1, 0.15) is 56.6 Å². The van der Waals surface area contributed by atoms with Gasteiger partial charge in [-0.15, -0.1) is 12.4 Å². The van der Waals surface area contributed by atoms with Gasteiger partial charge in [-0.2, -0.15) is 0 Å². The molecule has 1 aromatic heterocycles. The molecule has 0 radical (unpaired) electrons. The highest BCUT2D eigenvalue weighted by Crippen LogP contribution is 2.34. The maximum absolute atomic E-state index is 13.6. The van der Waals surface area contributed by atoms with Gasteiger partial charge >= 0.3 is 0 Å². The minimum absolute atomic E-state index is 0. The summed E-state index contributed by atoms with van der Waals surface area (Å²) in [5.74, 6) is -0.653. The van der Waals surface area contributed by atoms with Crippen molar-refractivity contribution in [2.45, 2.75) is 56.9 Å². The minimum atomic E-state index is -0.890. The second-order valence-electron chi connectivity index (χ2n) is 8.02. The molecule has 27 heavy (non-hydrogen) atoms. The van der Waals surface area contributed by atoms with Crippen LogP contribution in [0.5, 0.6) is 0 Å². The molecule has 2 fully saturated rings. The van der Waals surface area contributed by atoms with Gasteiger partial charge in [0.2, 0.25) is 0 Å². The molecule has 1 saturated carbocycles. The first-order chi connectivity index (χ1) is 12.6. The van der Waals surface area contributed by atoms with Crippen LogP contribution in [-0.2, 0) is 0 Å². The van der Waals surface area contributed by atoms with Crippen LogP contribution in [0.25, 0.3) is 11.0 Å². The van der Waals surface area contributed by atoms with Crippen LogP contribution in [0.3, 0.4) is 0 Å². The van der Waals surface area contributed by atoms with Crippen molar-refractivity contribution in [1.82, 2.24) is 10.1 Å². The molecule has 1 aliphatic heterocycles. The van der Waals surface area contributed by atoms with Crippen LogP contribution < -0.4 is 5.73 Å². The van der Waals surface area contributed by atoms with Gasteiger partial charge in [0.25, 0.3) is 0 Å². The zero-order valence-electron chi connectivity index (χ0n) is 15.5. The van der Waals surface area contributed by atoms with Crippen molar-refractivity contribution in [2.75, 3.05) is 19.6 Å². The van der Waals surface area contributed by atoms with E-state index in [1.807, 2.05) is 0 Å². The number of nitrogens with two attached hydrogens (primary N) is 1. The molecule has 7 heteroatoms. The lowest BCUT2D eigenvalue weighted by atomic mass is 9.84. The first-order valence-corrected chi connectivity index (χ1v) is 9.82. The smallest absolute Gasteiger partial charge is 0.170 e. The lowest BCUT2D eigenvalue weighted by Crippen LogP contribution is -2.35. The van der Waals surface area contributed by atoms with E-state index in [0.717, 1.165) is 50.2 Å². The summed E-state index contributed by atoms with van der Waals surface area (Å²) in [6.07, 6.45) is 8.10. The van der Waals surface area contributed by atoms with Crippen molar-refractivity contribution in [3.63, 3.8) is 0 Å². The number of benzene rings is 1. The molecule has 2 heterocycles. The number of piperidine rings is 1. The van der Waals surface area contributed by atoms with Gasteiger partial charge in [-0.3, -0.25) is 0 Å². The van der Waals surface area contributed by atoms with Gasteiger partial charge in [0.1, 0.15) is 0 Å². The maximum Gasteiger partial charge on any atom is 0.170 e. The Bertz CT molecular complexity index is 753. The van der Waals surface area contributed by atoms with Crippen molar-refractivity contribution in [1.29, 1.82) is 0 Å².